The van der Waals surface area contributed by atoms with E-state index in [0.717, 1.165) is 24.9 Å². The molecular weight excluding hydrogens is 270 g/mol. The van der Waals surface area contributed by atoms with Crippen molar-refractivity contribution < 1.29 is 5.11 Å². The maximum Gasteiger partial charge on any atom is 0.0836 e. The van der Waals surface area contributed by atoms with Crippen LogP contribution in [-0.2, 0) is 12.8 Å². The molecule has 2 aromatic rings. The van der Waals surface area contributed by atoms with Crippen molar-refractivity contribution in [1.29, 1.82) is 0 Å². The molecule has 0 saturated carbocycles. The van der Waals surface area contributed by atoms with Crippen molar-refractivity contribution in [3.8, 4) is 0 Å². The lowest BCUT2D eigenvalue weighted by Gasteiger charge is -2.20. The maximum absolute atomic E-state index is 10.4. The number of aliphatic hydroxyl groups excluding tert-OH is 1. The van der Waals surface area contributed by atoms with E-state index in [1.807, 2.05) is 12.1 Å². The molecule has 0 fully saturated rings. The zero-order valence-corrected chi connectivity index (χ0v) is 13.4. The van der Waals surface area contributed by atoms with Crippen LogP contribution in [0.15, 0.2) is 48.5 Å². The van der Waals surface area contributed by atoms with Gasteiger partial charge in [0.05, 0.1) is 6.10 Å². The van der Waals surface area contributed by atoms with Crippen LogP contribution in [0.25, 0.3) is 0 Å². The highest BCUT2D eigenvalue weighted by atomic mass is 16.3. The van der Waals surface area contributed by atoms with Gasteiger partial charge in [0.1, 0.15) is 0 Å². The fourth-order valence-corrected chi connectivity index (χ4v) is 3.62. The number of hydrogen-bond acceptors (Lipinski definition) is 2. The van der Waals surface area contributed by atoms with Gasteiger partial charge >= 0.3 is 0 Å². The highest BCUT2D eigenvalue weighted by Crippen LogP contribution is 2.43. The van der Waals surface area contributed by atoms with Gasteiger partial charge in [0.15, 0.2) is 0 Å². The summed E-state index contributed by atoms with van der Waals surface area (Å²) in [7, 11) is 0. The SMILES string of the molecule is CCc1ccccc1CCNC1c2ccccc2C(O)C1C. The molecule has 2 aromatic carbocycles. The second kappa shape index (κ2) is 6.64. The van der Waals surface area contributed by atoms with Gasteiger partial charge in [-0.2, -0.15) is 0 Å². The number of nitrogens with one attached hydrogen (secondary N) is 1. The summed E-state index contributed by atoms with van der Waals surface area (Å²) >= 11 is 0. The summed E-state index contributed by atoms with van der Waals surface area (Å²) in [4.78, 5) is 0. The first-order valence-electron chi connectivity index (χ1n) is 8.29. The van der Waals surface area contributed by atoms with Crippen molar-refractivity contribution in [3.63, 3.8) is 0 Å². The van der Waals surface area contributed by atoms with E-state index in [1.54, 1.807) is 0 Å². The molecule has 0 spiro atoms. The minimum atomic E-state index is -0.350. The highest BCUT2D eigenvalue weighted by molar-refractivity contribution is 5.37. The first-order valence-corrected chi connectivity index (χ1v) is 8.29. The smallest absolute Gasteiger partial charge is 0.0836 e. The van der Waals surface area contributed by atoms with Gasteiger partial charge in [-0.1, -0.05) is 62.4 Å². The first-order chi connectivity index (χ1) is 10.7. The summed E-state index contributed by atoms with van der Waals surface area (Å²) in [6.45, 7) is 5.27. The van der Waals surface area contributed by atoms with Crippen LogP contribution in [-0.4, -0.2) is 11.7 Å². The van der Waals surface area contributed by atoms with E-state index in [4.69, 9.17) is 0 Å². The molecule has 1 aliphatic carbocycles. The largest absolute Gasteiger partial charge is 0.388 e. The van der Waals surface area contributed by atoms with Gasteiger partial charge in [-0.15, -0.1) is 0 Å². The molecule has 0 aromatic heterocycles. The molecule has 0 saturated heterocycles. The van der Waals surface area contributed by atoms with E-state index >= 15 is 0 Å². The highest BCUT2D eigenvalue weighted by Gasteiger charge is 2.35. The van der Waals surface area contributed by atoms with Crippen molar-refractivity contribution in [3.05, 3.63) is 70.8 Å². The predicted molar refractivity (Wildman–Crippen MR) is 90.8 cm³/mol. The Kier molecular flexibility index (Phi) is 4.60. The Morgan fingerprint density at radius 1 is 0.955 bits per heavy atom. The average molecular weight is 295 g/mol. The summed E-state index contributed by atoms with van der Waals surface area (Å²) < 4.78 is 0. The van der Waals surface area contributed by atoms with Crippen LogP contribution in [0, 0.1) is 5.92 Å². The number of rotatable bonds is 5. The minimum Gasteiger partial charge on any atom is -0.388 e. The van der Waals surface area contributed by atoms with E-state index in [9.17, 15) is 5.11 Å². The Balaban J connectivity index is 1.67. The molecule has 3 rings (SSSR count). The molecule has 116 valence electrons. The average Bonchev–Trinajstić information content (AvgIpc) is 2.80. The van der Waals surface area contributed by atoms with Gasteiger partial charge in [-0.05, 0) is 41.6 Å². The fourth-order valence-electron chi connectivity index (χ4n) is 3.62. The third kappa shape index (κ3) is 2.81. The van der Waals surface area contributed by atoms with Crippen LogP contribution in [0.3, 0.4) is 0 Å². The Bertz CT molecular complexity index is 637. The van der Waals surface area contributed by atoms with Crippen LogP contribution in [0.1, 0.15) is 48.2 Å². The molecule has 0 radical (unpaired) electrons. The third-order valence-corrected chi connectivity index (χ3v) is 4.93. The van der Waals surface area contributed by atoms with Gasteiger partial charge in [0.25, 0.3) is 0 Å². The lowest BCUT2D eigenvalue weighted by Crippen LogP contribution is -2.27. The van der Waals surface area contributed by atoms with E-state index in [1.165, 1.54) is 16.7 Å². The Morgan fingerprint density at radius 2 is 1.59 bits per heavy atom. The molecule has 2 N–H and O–H groups in total. The van der Waals surface area contributed by atoms with E-state index in [2.05, 4.69) is 55.6 Å². The number of benzene rings is 2. The lowest BCUT2D eigenvalue weighted by atomic mass is 10.00. The number of fused-ring (bicyclic) bond motifs is 1. The topological polar surface area (TPSA) is 32.3 Å². The van der Waals surface area contributed by atoms with Gasteiger partial charge in [0, 0.05) is 12.0 Å². The first kappa shape index (κ1) is 15.3. The zero-order chi connectivity index (χ0) is 15.5. The molecule has 0 bridgehead atoms. The summed E-state index contributed by atoms with van der Waals surface area (Å²) in [6.07, 6.45) is 1.76. The van der Waals surface area contributed by atoms with Crippen molar-refractivity contribution in [2.24, 2.45) is 5.92 Å². The van der Waals surface area contributed by atoms with Crippen molar-refractivity contribution in [1.82, 2.24) is 5.32 Å². The number of aliphatic hydroxyl groups is 1. The third-order valence-electron chi connectivity index (χ3n) is 4.93. The molecule has 0 heterocycles. The lowest BCUT2D eigenvalue weighted by molar-refractivity contribution is 0.114. The van der Waals surface area contributed by atoms with Crippen LogP contribution in [0.5, 0.6) is 0 Å². The van der Waals surface area contributed by atoms with Crippen LogP contribution in [0.2, 0.25) is 0 Å². The van der Waals surface area contributed by atoms with Crippen molar-refractivity contribution in [2.45, 2.75) is 38.8 Å². The fraction of sp³-hybridized carbons (Fsp3) is 0.400. The standard InChI is InChI=1S/C20H25NO/c1-3-15-8-4-5-9-16(15)12-13-21-19-14(2)20(22)18-11-7-6-10-17(18)19/h4-11,14,19-22H,3,12-13H2,1-2H3. The minimum absolute atomic E-state index is 0.221. The quantitative estimate of drug-likeness (QED) is 0.879. The second-order valence-electron chi connectivity index (χ2n) is 6.24. The van der Waals surface area contributed by atoms with Crippen LogP contribution < -0.4 is 5.32 Å². The van der Waals surface area contributed by atoms with Crippen molar-refractivity contribution >= 4 is 0 Å². The predicted octanol–water partition coefficient (Wildman–Crippen LogP) is 3.81. The Hall–Kier alpha value is -1.64. The van der Waals surface area contributed by atoms with Crippen molar-refractivity contribution in [2.75, 3.05) is 6.54 Å². The molecule has 3 atom stereocenters. The van der Waals surface area contributed by atoms with Gasteiger partial charge in [-0.25, -0.2) is 0 Å². The summed E-state index contributed by atoms with van der Waals surface area (Å²) in [5.41, 5.74) is 5.20. The van der Waals surface area contributed by atoms with E-state index in [-0.39, 0.29) is 18.1 Å². The summed E-state index contributed by atoms with van der Waals surface area (Å²) in [5.74, 6) is 0.221. The Labute approximate surface area is 133 Å². The van der Waals surface area contributed by atoms with Gasteiger partial charge < -0.3 is 10.4 Å². The zero-order valence-electron chi connectivity index (χ0n) is 13.4. The molecule has 2 nitrogen and oxygen atoms in total. The maximum atomic E-state index is 10.4. The summed E-state index contributed by atoms with van der Waals surface area (Å²) in [6, 6.07) is 17.2. The van der Waals surface area contributed by atoms with Gasteiger partial charge in [-0.3, -0.25) is 0 Å². The molecule has 3 unspecified atom stereocenters. The molecule has 22 heavy (non-hydrogen) atoms. The molecule has 2 heteroatoms. The van der Waals surface area contributed by atoms with E-state index < -0.39 is 0 Å². The molecule has 0 amide bonds. The van der Waals surface area contributed by atoms with Gasteiger partial charge in [0.2, 0.25) is 0 Å². The number of hydrogen-bond donors (Lipinski definition) is 2. The molecule has 1 aliphatic rings. The molecular formula is C20H25NO. The van der Waals surface area contributed by atoms with E-state index in [0.29, 0.717) is 0 Å². The molecule has 0 aliphatic heterocycles. The Morgan fingerprint density at radius 3 is 2.32 bits per heavy atom. The second-order valence-corrected chi connectivity index (χ2v) is 6.24. The van der Waals surface area contributed by atoms with Crippen LogP contribution >= 0.6 is 0 Å². The normalized spacial score (nSPS) is 23.5. The monoisotopic (exact) mass is 295 g/mol. The number of aryl methyl sites for hydroxylation is 1. The van der Waals surface area contributed by atoms with Crippen LogP contribution in [0.4, 0.5) is 0 Å². The summed E-state index contributed by atoms with van der Waals surface area (Å²) in [5, 5.41) is 14.0.